The number of hydrogen-bond donors (Lipinski definition) is 1. The second kappa shape index (κ2) is 8.95. The smallest absolute Gasteiger partial charge is 0.263 e. The van der Waals surface area contributed by atoms with Gasteiger partial charge in [0.05, 0.1) is 11.9 Å². The van der Waals surface area contributed by atoms with Crippen molar-refractivity contribution >= 4 is 17.2 Å². The average Bonchev–Trinajstić information content (AvgIpc) is 3.46. The van der Waals surface area contributed by atoms with Gasteiger partial charge in [-0.05, 0) is 26.0 Å². The van der Waals surface area contributed by atoms with Crippen LogP contribution in [0.5, 0.6) is 0 Å². The topological polar surface area (TPSA) is 112 Å². The van der Waals surface area contributed by atoms with Crippen LogP contribution in [0.1, 0.15) is 35.1 Å². The predicted octanol–water partition coefficient (Wildman–Crippen LogP) is 1.47. The van der Waals surface area contributed by atoms with Crippen molar-refractivity contribution in [3.63, 3.8) is 0 Å². The zero-order chi connectivity index (χ0) is 24.7. The molecule has 10 nitrogen and oxygen atoms in total. The van der Waals surface area contributed by atoms with Crippen molar-refractivity contribution in [2.75, 3.05) is 14.1 Å². The molecule has 2 N–H and O–H groups in total. The minimum Gasteiger partial charge on any atom is -0.385 e. The summed E-state index contributed by atoms with van der Waals surface area (Å²) in [6, 6.07) is 10.4. The molecule has 4 heterocycles. The minimum atomic E-state index is -0.121. The van der Waals surface area contributed by atoms with E-state index < -0.39 is 0 Å². The summed E-state index contributed by atoms with van der Waals surface area (Å²) in [5.41, 5.74) is 11.4. The molecule has 1 unspecified atom stereocenters. The lowest BCUT2D eigenvalue weighted by Gasteiger charge is -2.32. The molecule has 0 saturated carbocycles. The molecule has 0 spiro atoms. The highest BCUT2D eigenvalue weighted by molar-refractivity contribution is 6.08. The van der Waals surface area contributed by atoms with Gasteiger partial charge in [-0.1, -0.05) is 30.3 Å². The largest absolute Gasteiger partial charge is 0.385 e. The predicted molar refractivity (Wildman–Crippen MR) is 135 cm³/mol. The zero-order valence-corrected chi connectivity index (χ0v) is 20.4. The number of allylic oxidation sites excluding steroid dienone is 1. The molecule has 1 atom stereocenters. The number of aliphatic imine (C=N–C) groups is 1. The maximum absolute atomic E-state index is 14.0. The summed E-state index contributed by atoms with van der Waals surface area (Å²) in [5.74, 6) is 0.818. The molecular weight excluding hydrogens is 442 g/mol. The normalized spacial score (nSPS) is 17.2. The summed E-state index contributed by atoms with van der Waals surface area (Å²) in [6.07, 6.45) is 6.36. The Morgan fingerprint density at radius 1 is 1.26 bits per heavy atom. The van der Waals surface area contributed by atoms with Crippen molar-refractivity contribution in [3.8, 4) is 0 Å². The summed E-state index contributed by atoms with van der Waals surface area (Å²) in [5, 5.41) is 12.8. The van der Waals surface area contributed by atoms with Crippen LogP contribution in [-0.4, -0.2) is 59.7 Å². The monoisotopic (exact) mass is 471 g/mol. The summed E-state index contributed by atoms with van der Waals surface area (Å²) < 4.78 is 5.21. The van der Waals surface area contributed by atoms with Gasteiger partial charge in [0.2, 0.25) is 0 Å². The summed E-state index contributed by atoms with van der Waals surface area (Å²) in [7, 11) is 5.56. The lowest BCUT2D eigenvalue weighted by atomic mass is 10.00. The standard InChI is InChI=1S/C25H29N9O/c1-16-10-19-21(14-31(16)3)34-24(18(13-29-34)11-17-8-6-5-7-9-17)33(25(19)35)22(26)12-20(27-2)23-30-28-15-32(23)4/h5-9,12-13,15-16H,10-11,14,26H2,1-4H3/b22-12+,27-20?. The van der Waals surface area contributed by atoms with Crippen molar-refractivity contribution in [1.82, 2.24) is 33.8 Å². The lowest BCUT2D eigenvalue weighted by molar-refractivity contribution is 0.223. The Hall–Kier alpha value is -4.05. The molecule has 0 aliphatic carbocycles. The molecule has 1 aliphatic rings. The van der Waals surface area contributed by atoms with E-state index in [1.165, 1.54) is 0 Å². The maximum atomic E-state index is 14.0. The summed E-state index contributed by atoms with van der Waals surface area (Å²) in [4.78, 5) is 20.5. The number of likely N-dealkylation sites (N-methyl/N-ethyl adjacent to an activating group) is 1. The fourth-order valence-corrected chi connectivity index (χ4v) is 4.63. The Balaban J connectivity index is 1.75. The van der Waals surface area contributed by atoms with Crippen LogP contribution in [0.2, 0.25) is 0 Å². The van der Waals surface area contributed by atoms with Gasteiger partial charge in [-0.25, -0.2) is 9.08 Å². The van der Waals surface area contributed by atoms with Gasteiger partial charge in [-0.2, -0.15) is 5.10 Å². The van der Waals surface area contributed by atoms with E-state index in [1.807, 2.05) is 36.0 Å². The van der Waals surface area contributed by atoms with Crippen LogP contribution in [0.3, 0.4) is 0 Å². The number of aromatic nitrogens is 6. The number of nitrogens with two attached hydrogens (primary N) is 1. The molecule has 10 heteroatoms. The number of hydrogen-bond acceptors (Lipinski definition) is 7. The fraction of sp³-hybridized carbons (Fsp3) is 0.320. The van der Waals surface area contributed by atoms with Crippen molar-refractivity contribution in [2.24, 2.45) is 17.8 Å². The molecule has 5 rings (SSSR count). The van der Waals surface area contributed by atoms with Gasteiger partial charge in [-0.15, -0.1) is 10.2 Å². The zero-order valence-electron chi connectivity index (χ0n) is 20.4. The summed E-state index contributed by atoms with van der Waals surface area (Å²) >= 11 is 0. The van der Waals surface area contributed by atoms with Crippen molar-refractivity contribution < 1.29 is 0 Å². The number of rotatable bonds is 5. The van der Waals surface area contributed by atoms with Crippen molar-refractivity contribution in [3.05, 3.63) is 87.5 Å². The molecule has 3 aromatic heterocycles. The molecule has 0 fully saturated rings. The van der Waals surface area contributed by atoms with Gasteiger partial charge in [0.25, 0.3) is 5.56 Å². The van der Waals surface area contributed by atoms with Crippen LogP contribution in [0, 0.1) is 0 Å². The van der Waals surface area contributed by atoms with E-state index in [9.17, 15) is 4.79 Å². The number of benzene rings is 1. The van der Waals surface area contributed by atoms with Crippen LogP contribution in [0.25, 0.3) is 11.5 Å². The van der Waals surface area contributed by atoms with Crippen LogP contribution in [0.15, 0.2) is 58.7 Å². The first-order valence-electron chi connectivity index (χ1n) is 11.5. The second-order valence-electron chi connectivity index (χ2n) is 9.05. The SMILES string of the molecule is CN=C(/C=C(\N)n1c(=O)c2c(n3ncc(Cc4ccccc4)c13)CN(C)C(C)C2)c1nncn1C. The molecule has 0 amide bonds. The van der Waals surface area contributed by atoms with Gasteiger partial charge in [-0.3, -0.25) is 14.7 Å². The third-order valence-electron chi connectivity index (χ3n) is 6.71. The Labute approximate surface area is 203 Å². The lowest BCUT2D eigenvalue weighted by Crippen LogP contribution is -2.42. The van der Waals surface area contributed by atoms with Crippen LogP contribution < -0.4 is 11.3 Å². The van der Waals surface area contributed by atoms with E-state index in [-0.39, 0.29) is 17.4 Å². The number of aryl methyl sites for hydroxylation is 1. The molecule has 0 saturated heterocycles. The highest BCUT2D eigenvalue weighted by atomic mass is 16.1. The summed E-state index contributed by atoms with van der Waals surface area (Å²) in [6.45, 7) is 2.76. The average molecular weight is 472 g/mol. The Bertz CT molecular complexity index is 1510. The first kappa shape index (κ1) is 22.7. The second-order valence-corrected chi connectivity index (χ2v) is 9.05. The van der Waals surface area contributed by atoms with E-state index in [0.29, 0.717) is 36.6 Å². The van der Waals surface area contributed by atoms with E-state index >= 15 is 0 Å². The molecule has 1 aliphatic heterocycles. The minimum absolute atomic E-state index is 0.121. The first-order valence-corrected chi connectivity index (χ1v) is 11.5. The fourth-order valence-electron chi connectivity index (χ4n) is 4.63. The third-order valence-corrected chi connectivity index (χ3v) is 6.71. The van der Waals surface area contributed by atoms with Gasteiger partial charge >= 0.3 is 0 Å². The van der Waals surface area contributed by atoms with Gasteiger partial charge in [0.15, 0.2) is 5.82 Å². The molecule has 1 aromatic carbocycles. The molecule has 180 valence electrons. The Kier molecular flexibility index (Phi) is 5.81. The van der Waals surface area contributed by atoms with Crippen molar-refractivity contribution in [2.45, 2.75) is 32.4 Å². The van der Waals surface area contributed by atoms with Gasteiger partial charge in [0, 0.05) is 50.3 Å². The van der Waals surface area contributed by atoms with Gasteiger partial charge < -0.3 is 10.3 Å². The van der Waals surface area contributed by atoms with Crippen LogP contribution in [0.4, 0.5) is 0 Å². The molecule has 0 bridgehead atoms. The van der Waals surface area contributed by atoms with E-state index in [1.54, 1.807) is 28.6 Å². The molecule has 4 aromatic rings. The van der Waals surface area contributed by atoms with E-state index in [2.05, 4.69) is 46.2 Å². The highest BCUT2D eigenvalue weighted by Gasteiger charge is 2.28. The number of nitrogens with zero attached hydrogens (tertiary/aromatic N) is 8. The van der Waals surface area contributed by atoms with E-state index in [0.717, 1.165) is 22.4 Å². The van der Waals surface area contributed by atoms with Gasteiger partial charge in [0.1, 0.15) is 23.5 Å². The molecule has 35 heavy (non-hydrogen) atoms. The highest BCUT2D eigenvalue weighted by Crippen LogP contribution is 2.24. The maximum Gasteiger partial charge on any atom is 0.263 e. The first-order chi connectivity index (χ1) is 16.9. The molecular formula is C25H29N9O. The Morgan fingerprint density at radius 2 is 2.03 bits per heavy atom. The quantitative estimate of drug-likeness (QED) is 0.441. The number of fused-ring (bicyclic) bond motifs is 3. The third kappa shape index (κ3) is 3.95. The van der Waals surface area contributed by atoms with Crippen molar-refractivity contribution in [1.29, 1.82) is 0 Å². The molecule has 0 radical (unpaired) electrons. The van der Waals surface area contributed by atoms with Crippen LogP contribution in [-0.2, 0) is 26.4 Å². The Morgan fingerprint density at radius 3 is 2.71 bits per heavy atom. The van der Waals surface area contributed by atoms with Crippen LogP contribution >= 0.6 is 0 Å². The van der Waals surface area contributed by atoms with E-state index in [4.69, 9.17) is 10.8 Å².